The number of hydrogen-bond acceptors (Lipinski definition) is 2. The van der Waals surface area contributed by atoms with Crippen molar-refractivity contribution in [2.24, 2.45) is 5.92 Å². The summed E-state index contributed by atoms with van der Waals surface area (Å²) in [5, 5.41) is 8.97. The molecular formula is C11H23NO. The third-order valence-electron chi connectivity index (χ3n) is 2.96. The summed E-state index contributed by atoms with van der Waals surface area (Å²) in [6, 6.07) is 0. The van der Waals surface area contributed by atoms with Crippen molar-refractivity contribution in [2.75, 3.05) is 26.2 Å². The molecule has 1 atom stereocenters. The lowest BCUT2D eigenvalue weighted by atomic mass is 10.1. The summed E-state index contributed by atoms with van der Waals surface area (Å²) in [5.41, 5.74) is 0. The van der Waals surface area contributed by atoms with Crippen LogP contribution in [0, 0.1) is 5.92 Å². The summed E-state index contributed by atoms with van der Waals surface area (Å²) in [7, 11) is 0. The highest BCUT2D eigenvalue weighted by atomic mass is 16.3. The molecule has 0 spiro atoms. The second-order valence-electron chi connectivity index (χ2n) is 4.20. The van der Waals surface area contributed by atoms with Crippen LogP contribution in [-0.4, -0.2) is 36.2 Å². The summed E-state index contributed by atoms with van der Waals surface area (Å²) in [4.78, 5) is 2.50. The molecule has 0 aromatic rings. The van der Waals surface area contributed by atoms with Crippen molar-refractivity contribution in [3.8, 4) is 0 Å². The molecule has 1 aliphatic heterocycles. The van der Waals surface area contributed by atoms with Gasteiger partial charge in [0.1, 0.15) is 0 Å². The van der Waals surface area contributed by atoms with Gasteiger partial charge < -0.3 is 10.0 Å². The normalized spacial score (nSPS) is 24.0. The topological polar surface area (TPSA) is 23.5 Å². The van der Waals surface area contributed by atoms with Gasteiger partial charge in [-0.05, 0) is 31.8 Å². The average molecular weight is 185 g/mol. The molecule has 0 saturated carbocycles. The first kappa shape index (κ1) is 11.0. The van der Waals surface area contributed by atoms with Gasteiger partial charge in [0.15, 0.2) is 0 Å². The average Bonchev–Trinajstić information content (AvgIpc) is 2.60. The van der Waals surface area contributed by atoms with Crippen LogP contribution >= 0.6 is 0 Å². The summed E-state index contributed by atoms with van der Waals surface area (Å²) < 4.78 is 0. The van der Waals surface area contributed by atoms with E-state index in [-0.39, 0.29) is 0 Å². The first-order valence-electron chi connectivity index (χ1n) is 5.70. The van der Waals surface area contributed by atoms with Crippen LogP contribution in [0.15, 0.2) is 0 Å². The minimum Gasteiger partial charge on any atom is -0.396 e. The molecule has 1 N–H and O–H groups in total. The van der Waals surface area contributed by atoms with Crippen LogP contribution in [-0.2, 0) is 0 Å². The third-order valence-corrected chi connectivity index (χ3v) is 2.96. The number of likely N-dealkylation sites (tertiary alicyclic amines) is 1. The Morgan fingerprint density at radius 3 is 2.77 bits per heavy atom. The Balaban J connectivity index is 1.97. The maximum Gasteiger partial charge on any atom is 0.0471 e. The summed E-state index contributed by atoms with van der Waals surface area (Å²) in [5.74, 6) is 0.561. The predicted molar refractivity (Wildman–Crippen MR) is 55.8 cm³/mol. The molecule has 0 bridgehead atoms. The van der Waals surface area contributed by atoms with Crippen LogP contribution in [0.2, 0.25) is 0 Å². The molecule has 78 valence electrons. The molecule has 1 saturated heterocycles. The molecule has 1 heterocycles. The Morgan fingerprint density at radius 1 is 1.31 bits per heavy atom. The van der Waals surface area contributed by atoms with Gasteiger partial charge in [-0.3, -0.25) is 0 Å². The zero-order valence-electron chi connectivity index (χ0n) is 8.84. The Kier molecular flexibility index (Phi) is 5.40. The van der Waals surface area contributed by atoms with Crippen molar-refractivity contribution in [3.05, 3.63) is 0 Å². The molecule has 0 aromatic carbocycles. The minimum atomic E-state index is 0.380. The van der Waals surface area contributed by atoms with Crippen LogP contribution in [0.1, 0.15) is 39.0 Å². The SMILES string of the molecule is CCCCCCN1CCC(CO)C1. The number of unbranched alkanes of at least 4 members (excludes halogenated alkanes) is 3. The van der Waals surface area contributed by atoms with Crippen molar-refractivity contribution in [1.29, 1.82) is 0 Å². The molecule has 1 fully saturated rings. The molecule has 0 aliphatic carbocycles. The maximum absolute atomic E-state index is 8.97. The van der Waals surface area contributed by atoms with Crippen LogP contribution < -0.4 is 0 Å². The lowest BCUT2D eigenvalue weighted by Gasteiger charge is -2.14. The van der Waals surface area contributed by atoms with E-state index >= 15 is 0 Å². The zero-order valence-corrected chi connectivity index (χ0v) is 8.84. The van der Waals surface area contributed by atoms with Gasteiger partial charge in [-0.15, -0.1) is 0 Å². The van der Waals surface area contributed by atoms with Crippen molar-refractivity contribution in [1.82, 2.24) is 4.90 Å². The van der Waals surface area contributed by atoms with Gasteiger partial charge in [0, 0.05) is 13.2 Å². The van der Waals surface area contributed by atoms with E-state index in [0.717, 1.165) is 6.54 Å². The lowest BCUT2D eigenvalue weighted by Crippen LogP contribution is -2.22. The highest BCUT2D eigenvalue weighted by Gasteiger charge is 2.20. The third kappa shape index (κ3) is 4.10. The molecule has 1 unspecified atom stereocenters. The van der Waals surface area contributed by atoms with Crippen LogP contribution in [0.5, 0.6) is 0 Å². The molecular weight excluding hydrogens is 162 g/mol. The largest absolute Gasteiger partial charge is 0.396 e. The molecule has 2 nitrogen and oxygen atoms in total. The van der Waals surface area contributed by atoms with Gasteiger partial charge >= 0.3 is 0 Å². The van der Waals surface area contributed by atoms with E-state index in [1.165, 1.54) is 45.2 Å². The Labute approximate surface area is 81.9 Å². The standard InChI is InChI=1S/C11H23NO/c1-2-3-4-5-7-12-8-6-11(9-12)10-13/h11,13H,2-10H2,1H3. The number of nitrogens with zero attached hydrogens (tertiary/aromatic N) is 1. The van der Waals surface area contributed by atoms with E-state index in [4.69, 9.17) is 5.11 Å². The maximum atomic E-state index is 8.97. The van der Waals surface area contributed by atoms with Crippen molar-refractivity contribution in [2.45, 2.75) is 39.0 Å². The van der Waals surface area contributed by atoms with Gasteiger partial charge in [0.25, 0.3) is 0 Å². The smallest absolute Gasteiger partial charge is 0.0471 e. The van der Waals surface area contributed by atoms with Gasteiger partial charge in [0.05, 0.1) is 0 Å². The molecule has 13 heavy (non-hydrogen) atoms. The molecule has 2 heteroatoms. The first-order valence-corrected chi connectivity index (χ1v) is 5.70. The monoisotopic (exact) mass is 185 g/mol. The Morgan fingerprint density at radius 2 is 2.15 bits per heavy atom. The predicted octanol–water partition coefficient (Wildman–Crippen LogP) is 1.88. The highest BCUT2D eigenvalue weighted by Crippen LogP contribution is 2.15. The molecule has 1 rings (SSSR count). The Bertz CT molecular complexity index is 127. The second kappa shape index (κ2) is 6.39. The van der Waals surface area contributed by atoms with Crippen LogP contribution in [0.3, 0.4) is 0 Å². The number of hydrogen-bond donors (Lipinski definition) is 1. The number of rotatable bonds is 6. The van der Waals surface area contributed by atoms with Crippen molar-refractivity contribution < 1.29 is 5.11 Å². The zero-order chi connectivity index (χ0) is 9.52. The van der Waals surface area contributed by atoms with Gasteiger partial charge in [0.2, 0.25) is 0 Å². The van der Waals surface area contributed by atoms with Gasteiger partial charge in [-0.25, -0.2) is 0 Å². The van der Waals surface area contributed by atoms with E-state index < -0.39 is 0 Å². The van der Waals surface area contributed by atoms with Crippen molar-refractivity contribution in [3.63, 3.8) is 0 Å². The summed E-state index contributed by atoms with van der Waals surface area (Å²) in [6.45, 7) is 6.21. The molecule has 0 aromatic heterocycles. The summed E-state index contributed by atoms with van der Waals surface area (Å²) >= 11 is 0. The van der Waals surface area contributed by atoms with E-state index in [9.17, 15) is 0 Å². The molecule has 0 radical (unpaired) electrons. The van der Waals surface area contributed by atoms with E-state index in [2.05, 4.69) is 11.8 Å². The Hall–Kier alpha value is -0.0800. The quantitative estimate of drug-likeness (QED) is 0.639. The van der Waals surface area contributed by atoms with E-state index in [1.54, 1.807) is 0 Å². The first-order chi connectivity index (χ1) is 6.36. The van der Waals surface area contributed by atoms with Crippen LogP contribution in [0.4, 0.5) is 0 Å². The van der Waals surface area contributed by atoms with Crippen molar-refractivity contribution >= 4 is 0 Å². The van der Waals surface area contributed by atoms with Gasteiger partial charge in [-0.2, -0.15) is 0 Å². The fourth-order valence-electron chi connectivity index (χ4n) is 2.03. The number of aliphatic hydroxyl groups excluding tert-OH is 1. The highest BCUT2D eigenvalue weighted by molar-refractivity contribution is 4.74. The van der Waals surface area contributed by atoms with E-state index in [1.807, 2.05) is 0 Å². The van der Waals surface area contributed by atoms with E-state index in [0.29, 0.717) is 12.5 Å². The fraction of sp³-hybridized carbons (Fsp3) is 1.00. The fourth-order valence-corrected chi connectivity index (χ4v) is 2.03. The lowest BCUT2D eigenvalue weighted by molar-refractivity contribution is 0.221. The molecule has 1 aliphatic rings. The summed E-state index contributed by atoms with van der Waals surface area (Å²) in [6.07, 6.45) is 6.60. The van der Waals surface area contributed by atoms with Crippen LogP contribution in [0.25, 0.3) is 0 Å². The second-order valence-corrected chi connectivity index (χ2v) is 4.20. The minimum absolute atomic E-state index is 0.380. The molecule has 0 amide bonds. The van der Waals surface area contributed by atoms with Gasteiger partial charge in [-0.1, -0.05) is 26.2 Å². The number of aliphatic hydroxyl groups is 1.